The smallest absolute Gasteiger partial charge is 0.335 e. The van der Waals surface area contributed by atoms with E-state index < -0.39 is 5.97 Å². The Morgan fingerprint density at radius 1 is 0.897 bits per heavy atom. The second-order valence-corrected chi connectivity index (χ2v) is 8.88. The second-order valence-electron chi connectivity index (χ2n) is 6.45. The van der Waals surface area contributed by atoms with E-state index in [-0.39, 0.29) is 5.56 Å². The topological polar surface area (TPSA) is 46.5 Å². The Bertz CT molecular complexity index is 1130. The first-order valence-electron chi connectivity index (χ1n) is 9.01. The lowest BCUT2D eigenvalue weighted by molar-refractivity contribution is 0.0697. The summed E-state index contributed by atoms with van der Waals surface area (Å²) in [4.78, 5) is 12.2. The van der Waals surface area contributed by atoms with Crippen molar-refractivity contribution in [1.29, 1.82) is 0 Å². The quantitative estimate of drug-likeness (QED) is 0.330. The zero-order valence-electron chi connectivity index (χ0n) is 15.3. The van der Waals surface area contributed by atoms with Crippen LogP contribution in [-0.2, 0) is 6.61 Å². The molecule has 0 aliphatic heterocycles. The van der Waals surface area contributed by atoms with Crippen LogP contribution in [0.3, 0.4) is 0 Å². The lowest BCUT2D eigenvalue weighted by Crippen LogP contribution is -1.97. The van der Waals surface area contributed by atoms with Crippen molar-refractivity contribution in [2.45, 2.75) is 6.61 Å². The van der Waals surface area contributed by atoms with Crippen LogP contribution in [0.4, 0.5) is 0 Å². The fourth-order valence-electron chi connectivity index (χ4n) is 3.09. The Balaban J connectivity index is 1.70. The number of benzene rings is 3. The van der Waals surface area contributed by atoms with Crippen molar-refractivity contribution in [3.8, 4) is 27.3 Å². The summed E-state index contributed by atoms with van der Waals surface area (Å²) in [5.74, 6) is -0.117. The summed E-state index contributed by atoms with van der Waals surface area (Å²) in [6.45, 7) is 0.492. The maximum Gasteiger partial charge on any atom is 0.335 e. The minimum atomic E-state index is -0.927. The van der Waals surface area contributed by atoms with Crippen molar-refractivity contribution in [3.05, 3.63) is 99.8 Å². The van der Waals surface area contributed by atoms with Gasteiger partial charge in [-0.15, -0.1) is 11.3 Å². The van der Waals surface area contributed by atoms with E-state index in [1.54, 1.807) is 23.5 Å². The number of rotatable bonds is 6. The van der Waals surface area contributed by atoms with Gasteiger partial charge in [0.25, 0.3) is 0 Å². The molecule has 0 radical (unpaired) electrons. The Labute approximate surface area is 181 Å². The number of ether oxygens (including phenoxy) is 1. The number of carbonyl (C=O) groups is 1. The molecule has 0 amide bonds. The van der Waals surface area contributed by atoms with Crippen molar-refractivity contribution in [1.82, 2.24) is 0 Å². The number of carboxylic acid groups (broad SMARTS) is 1. The molecule has 0 unspecified atom stereocenters. The number of para-hydroxylation sites is 1. The van der Waals surface area contributed by atoms with Crippen LogP contribution in [0.25, 0.3) is 21.6 Å². The number of hydrogen-bond acceptors (Lipinski definition) is 3. The van der Waals surface area contributed by atoms with Gasteiger partial charge in [0.2, 0.25) is 0 Å². The molecule has 1 aromatic heterocycles. The molecule has 5 heteroatoms. The summed E-state index contributed by atoms with van der Waals surface area (Å²) in [5, 5.41) is 9.15. The highest BCUT2D eigenvalue weighted by Crippen LogP contribution is 2.44. The normalized spacial score (nSPS) is 10.7. The number of carboxylic acids is 1. The van der Waals surface area contributed by atoms with Gasteiger partial charge in [-0.3, -0.25) is 0 Å². The average Bonchev–Trinajstić information content (AvgIpc) is 3.15. The first kappa shape index (κ1) is 19.4. The highest BCUT2D eigenvalue weighted by Gasteiger charge is 2.16. The monoisotopic (exact) mass is 464 g/mol. The third kappa shape index (κ3) is 4.42. The average molecular weight is 465 g/mol. The molecule has 3 aromatic carbocycles. The lowest BCUT2D eigenvalue weighted by Gasteiger charge is -2.12. The van der Waals surface area contributed by atoms with Crippen LogP contribution in [-0.4, -0.2) is 11.1 Å². The predicted molar refractivity (Wildman–Crippen MR) is 121 cm³/mol. The van der Waals surface area contributed by atoms with Crippen molar-refractivity contribution >= 4 is 33.2 Å². The summed E-state index contributed by atoms with van der Waals surface area (Å²) < 4.78 is 7.14. The molecule has 1 heterocycles. The molecule has 29 heavy (non-hydrogen) atoms. The molecule has 0 fully saturated rings. The third-order valence-corrected chi connectivity index (χ3v) is 6.20. The standard InChI is InChI=1S/C24H17BrO3S/c25-22-14-20(23(29-22)17-10-12-18(13-11-17)24(26)27)19-8-4-5-9-21(19)28-15-16-6-2-1-3-7-16/h1-14H,15H2,(H,26,27). The summed E-state index contributed by atoms with van der Waals surface area (Å²) in [7, 11) is 0. The molecule has 0 aliphatic carbocycles. The van der Waals surface area contributed by atoms with Gasteiger partial charge in [0.1, 0.15) is 12.4 Å². The van der Waals surface area contributed by atoms with Gasteiger partial charge in [-0.1, -0.05) is 60.7 Å². The van der Waals surface area contributed by atoms with Crippen molar-refractivity contribution < 1.29 is 14.6 Å². The second kappa shape index (κ2) is 8.64. The van der Waals surface area contributed by atoms with Crippen LogP contribution < -0.4 is 4.74 Å². The fraction of sp³-hybridized carbons (Fsp3) is 0.0417. The Morgan fingerprint density at radius 2 is 1.59 bits per heavy atom. The highest BCUT2D eigenvalue weighted by molar-refractivity contribution is 9.11. The SMILES string of the molecule is O=C(O)c1ccc(-c2sc(Br)cc2-c2ccccc2OCc2ccccc2)cc1. The number of thiophene rings is 1. The van der Waals surface area contributed by atoms with Gasteiger partial charge in [0, 0.05) is 16.0 Å². The van der Waals surface area contributed by atoms with Crippen molar-refractivity contribution in [2.24, 2.45) is 0 Å². The first-order chi connectivity index (χ1) is 14.1. The van der Waals surface area contributed by atoms with E-state index in [2.05, 4.69) is 22.0 Å². The Morgan fingerprint density at radius 3 is 2.31 bits per heavy atom. The summed E-state index contributed by atoms with van der Waals surface area (Å²) in [5.41, 5.74) is 4.41. The molecule has 0 saturated heterocycles. The molecule has 0 aliphatic rings. The predicted octanol–water partition coefficient (Wildman–Crippen LogP) is 7.12. The van der Waals surface area contributed by atoms with E-state index >= 15 is 0 Å². The summed E-state index contributed by atoms with van der Waals surface area (Å²) >= 11 is 5.21. The molecule has 0 saturated carbocycles. The molecule has 3 nitrogen and oxygen atoms in total. The molecule has 4 rings (SSSR count). The Hall–Kier alpha value is -2.89. The van der Waals surface area contributed by atoms with E-state index in [0.29, 0.717) is 6.61 Å². The number of halogens is 1. The first-order valence-corrected chi connectivity index (χ1v) is 10.6. The zero-order valence-corrected chi connectivity index (χ0v) is 17.7. The molecule has 0 bridgehead atoms. The summed E-state index contributed by atoms with van der Waals surface area (Å²) in [6.07, 6.45) is 0. The van der Waals surface area contributed by atoms with Crippen LogP contribution in [0.2, 0.25) is 0 Å². The number of aromatic carboxylic acids is 1. The lowest BCUT2D eigenvalue weighted by atomic mass is 10.0. The number of hydrogen-bond donors (Lipinski definition) is 1. The molecular formula is C24H17BrO3S. The van der Waals surface area contributed by atoms with Gasteiger partial charge < -0.3 is 9.84 Å². The van der Waals surface area contributed by atoms with Crippen LogP contribution in [0, 0.1) is 0 Å². The minimum absolute atomic E-state index is 0.275. The molecular weight excluding hydrogens is 448 g/mol. The third-order valence-electron chi connectivity index (χ3n) is 4.51. The highest BCUT2D eigenvalue weighted by atomic mass is 79.9. The van der Waals surface area contributed by atoms with E-state index in [1.807, 2.05) is 66.7 Å². The van der Waals surface area contributed by atoms with Crippen LogP contribution >= 0.6 is 27.3 Å². The molecule has 144 valence electrons. The van der Waals surface area contributed by atoms with Crippen LogP contribution in [0.15, 0.2) is 88.7 Å². The van der Waals surface area contributed by atoms with E-state index in [1.165, 1.54) is 0 Å². The van der Waals surface area contributed by atoms with Crippen LogP contribution in [0.5, 0.6) is 5.75 Å². The van der Waals surface area contributed by atoms with Gasteiger partial charge >= 0.3 is 5.97 Å². The zero-order chi connectivity index (χ0) is 20.2. The van der Waals surface area contributed by atoms with Gasteiger partial charge in [-0.05, 0) is 51.3 Å². The maximum absolute atomic E-state index is 11.2. The largest absolute Gasteiger partial charge is 0.488 e. The minimum Gasteiger partial charge on any atom is -0.488 e. The molecule has 4 aromatic rings. The van der Waals surface area contributed by atoms with Crippen molar-refractivity contribution in [3.63, 3.8) is 0 Å². The van der Waals surface area contributed by atoms with Gasteiger partial charge in [-0.2, -0.15) is 0 Å². The van der Waals surface area contributed by atoms with E-state index in [4.69, 9.17) is 9.84 Å². The van der Waals surface area contributed by atoms with E-state index in [0.717, 1.165) is 36.7 Å². The summed E-state index contributed by atoms with van der Waals surface area (Å²) in [6, 6.07) is 27.1. The molecule has 0 atom stereocenters. The molecule has 1 N–H and O–H groups in total. The van der Waals surface area contributed by atoms with Crippen molar-refractivity contribution in [2.75, 3.05) is 0 Å². The molecule has 0 spiro atoms. The fourth-order valence-corrected chi connectivity index (χ4v) is 4.71. The van der Waals surface area contributed by atoms with E-state index in [9.17, 15) is 4.79 Å². The van der Waals surface area contributed by atoms with Gasteiger partial charge in [0.15, 0.2) is 0 Å². The van der Waals surface area contributed by atoms with Gasteiger partial charge in [-0.25, -0.2) is 4.79 Å². The van der Waals surface area contributed by atoms with Crippen LogP contribution in [0.1, 0.15) is 15.9 Å². The Kier molecular flexibility index (Phi) is 5.79. The maximum atomic E-state index is 11.2. The van der Waals surface area contributed by atoms with Gasteiger partial charge in [0.05, 0.1) is 9.35 Å².